The second-order valence-electron chi connectivity index (χ2n) is 9.61. The van der Waals surface area contributed by atoms with E-state index in [1.807, 2.05) is 0 Å². The zero-order valence-electron chi connectivity index (χ0n) is 21.9. The molecule has 0 aliphatic carbocycles. The molecule has 3 rings (SSSR count). The van der Waals surface area contributed by atoms with Gasteiger partial charge in [0.2, 0.25) is 10.0 Å². The fourth-order valence-corrected chi connectivity index (χ4v) is 6.04. The van der Waals surface area contributed by atoms with E-state index in [2.05, 4.69) is 4.98 Å². The van der Waals surface area contributed by atoms with Gasteiger partial charge in [-0.25, -0.2) is 18.2 Å². The monoisotopic (exact) mass is 583 g/mol. The Morgan fingerprint density at radius 1 is 1.00 bits per heavy atom. The molecule has 1 aromatic heterocycles. The Morgan fingerprint density at radius 3 is 2.24 bits per heavy atom. The molecule has 10 nitrogen and oxygen atoms in total. The molecule has 206 valence electrons. The highest BCUT2D eigenvalue weighted by Gasteiger charge is 2.29. The number of halogens is 1. The lowest BCUT2D eigenvalue weighted by Gasteiger charge is -2.26. The van der Waals surface area contributed by atoms with E-state index >= 15 is 0 Å². The number of benzene rings is 2. The van der Waals surface area contributed by atoms with Crippen molar-refractivity contribution < 1.29 is 30.6 Å². The van der Waals surface area contributed by atoms with Crippen molar-refractivity contribution in [2.75, 3.05) is 27.2 Å². The highest BCUT2D eigenvalue weighted by atomic mass is 35.5. The summed E-state index contributed by atoms with van der Waals surface area (Å²) in [6, 6.07) is 11.7. The second kappa shape index (κ2) is 11.0. The van der Waals surface area contributed by atoms with Crippen LogP contribution in [0, 0.1) is 6.92 Å². The number of ether oxygens (including phenoxy) is 1. The van der Waals surface area contributed by atoms with Crippen LogP contribution in [0.25, 0.3) is 10.9 Å². The van der Waals surface area contributed by atoms with E-state index in [9.17, 15) is 21.6 Å². The van der Waals surface area contributed by atoms with E-state index < -0.39 is 31.8 Å². The van der Waals surface area contributed by atoms with Gasteiger partial charge in [-0.3, -0.25) is 0 Å². The summed E-state index contributed by atoms with van der Waals surface area (Å²) in [6.45, 7) is 6.89. The third-order valence-electron chi connectivity index (χ3n) is 5.36. The van der Waals surface area contributed by atoms with Crippen molar-refractivity contribution in [3.8, 4) is 5.75 Å². The maximum Gasteiger partial charge on any atom is 0.410 e. The molecule has 13 heteroatoms. The molecule has 1 amide bonds. The maximum absolute atomic E-state index is 13.6. The van der Waals surface area contributed by atoms with Gasteiger partial charge in [0.05, 0.1) is 9.92 Å². The number of pyridine rings is 1. The van der Waals surface area contributed by atoms with Crippen molar-refractivity contribution in [1.82, 2.24) is 14.2 Å². The average molecular weight is 584 g/mol. The highest BCUT2D eigenvalue weighted by molar-refractivity contribution is 7.89. The van der Waals surface area contributed by atoms with E-state index in [-0.39, 0.29) is 44.6 Å². The zero-order chi connectivity index (χ0) is 28.5. The minimum absolute atomic E-state index is 0.0187. The van der Waals surface area contributed by atoms with Crippen LogP contribution in [0.2, 0.25) is 5.02 Å². The predicted octanol–water partition coefficient (Wildman–Crippen LogP) is 4.45. The number of carbonyl (C=O) groups is 1. The summed E-state index contributed by atoms with van der Waals surface area (Å²) in [7, 11) is -5.55. The number of rotatable bonds is 8. The molecule has 1 heterocycles. The first kappa shape index (κ1) is 29.6. The number of carbonyl (C=O) groups excluding carboxylic acids is 1. The third kappa shape index (κ3) is 6.73. The van der Waals surface area contributed by atoms with E-state index in [1.165, 1.54) is 37.2 Å². The molecule has 38 heavy (non-hydrogen) atoms. The second-order valence-corrected chi connectivity index (χ2v) is 13.6. The fourth-order valence-electron chi connectivity index (χ4n) is 3.35. The van der Waals surface area contributed by atoms with Gasteiger partial charge in [0.25, 0.3) is 0 Å². The molecular formula is C25H30ClN3O7S2. The van der Waals surface area contributed by atoms with Gasteiger partial charge in [-0.15, -0.1) is 0 Å². The largest absolute Gasteiger partial charge is 0.444 e. The summed E-state index contributed by atoms with van der Waals surface area (Å²) in [6.07, 6.45) is -0.586. The number of fused-ring (bicyclic) bond motifs is 1. The van der Waals surface area contributed by atoms with Crippen molar-refractivity contribution in [2.24, 2.45) is 0 Å². The van der Waals surface area contributed by atoms with Crippen LogP contribution in [-0.2, 0) is 24.9 Å². The molecule has 0 unspecified atom stereocenters. The summed E-state index contributed by atoms with van der Waals surface area (Å²) in [5.74, 6) is -0.277. The Labute approximate surface area is 228 Å². The van der Waals surface area contributed by atoms with Crippen LogP contribution in [0.4, 0.5) is 4.79 Å². The lowest BCUT2D eigenvalue weighted by Crippen LogP contribution is -2.39. The van der Waals surface area contributed by atoms with E-state index in [1.54, 1.807) is 52.0 Å². The Kier molecular flexibility index (Phi) is 8.61. The summed E-state index contributed by atoms with van der Waals surface area (Å²) in [5.41, 5.74) is -0.214. The van der Waals surface area contributed by atoms with E-state index in [4.69, 9.17) is 20.5 Å². The molecule has 0 aliphatic rings. The van der Waals surface area contributed by atoms with Crippen molar-refractivity contribution in [3.63, 3.8) is 0 Å². The molecule has 0 atom stereocenters. The van der Waals surface area contributed by atoms with Crippen LogP contribution < -0.4 is 4.18 Å². The molecule has 0 bridgehead atoms. The number of aryl methyl sites for hydroxylation is 1. The smallest absolute Gasteiger partial charge is 0.410 e. The molecule has 0 spiro atoms. The molecule has 0 saturated carbocycles. The highest BCUT2D eigenvalue weighted by Crippen LogP contribution is 2.39. The molecular weight excluding hydrogens is 554 g/mol. The van der Waals surface area contributed by atoms with E-state index in [0.29, 0.717) is 5.69 Å². The predicted molar refractivity (Wildman–Crippen MR) is 144 cm³/mol. The number of aromatic nitrogens is 1. The summed E-state index contributed by atoms with van der Waals surface area (Å²) >= 11 is 6.41. The molecule has 0 fully saturated rings. The third-order valence-corrected chi connectivity index (χ3v) is 8.77. The minimum Gasteiger partial charge on any atom is -0.444 e. The van der Waals surface area contributed by atoms with Crippen molar-refractivity contribution in [2.45, 2.75) is 43.1 Å². The van der Waals surface area contributed by atoms with Crippen LogP contribution >= 0.6 is 11.6 Å². The number of amides is 1. The van der Waals surface area contributed by atoms with Gasteiger partial charge in [-0.2, -0.15) is 12.7 Å². The van der Waals surface area contributed by atoms with Crippen LogP contribution in [0.3, 0.4) is 0 Å². The normalized spacial score (nSPS) is 12.5. The Hall–Kier alpha value is -2.93. The number of likely N-dealkylation sites (N-methyl/N-ethyl adjacent to an activating group) is 2. The van der Waals surface area contributed by atoms with Crippen molar-refractivity contribution >= 4 is 48.7 Å². The standard InChI is InChI=1S/C25H30ClN3O7S2/c1-17-12-13-19-21(37(31,32)29(6)15-14-28(5)24(30)35-25(2,3)4)16-20(26)23(22(19)27-17)36-38(33,34)18-10-8-7-9-11-18/h7-13,16H,14-15H2,1-6H3. The van der Waals surface area contributed by atoms with Crippen LogP contribution in [-0.4, -0.2) is 69.9 Å². The SMILES string of the molecule is Cc1ccc2c(S(=O)(=O)N(C)CCN(C)C(=O)OC(C)(C)C)cc(Cl)c(OS(=O)(=O)c3ccccc3)c2n1. The molecule has 0 aliphatic heterocycles. The van der Waals surface area contributed by atoms with Gasteiger partial charge in [-0.1, -0.05) is 29.8 Å². The van der Waals surface area contributed by atoms with Crippen LogP contribution in [0.1, 0.15) is 26.5 Å². The Morgan fingerprint density at radius 2 is 1.63 bits per heavy atom. The molecule has 0 N–H and O–H groups in total. The quantitative estimate of drug-likeness (QED) is 0.356. The Bertz CT molecular complexity index is 1560. The van der Waals surface area contributed by atoms with Crippen molar-refractivity contribution in [3.05, 3.63) is 59.2 Å². The number of hydrogen-bond acceptors (Lipinski definition) is 8. The first-order valence-electron chi connectivity index (χ1n) is 11.5. The van der Waals surface area contributed by atoms with Gasteiger partial charge < -0.3 is 13.8 Å². The average Bonchev–Trinajstić information content (AvgIpc) is 2.83. The lowest BCUT2D eigenvalue weighted by atomic mass is 10.2. The molecule has 3 aromatic rings. The summed E-state index contributed by atoms with van der Waals surface area (Å²) in [4.78, 5) is 17.6. The molecule has 0 saturated heterocycles. The fraction of sp³-hybridized carbons (Fsp3) is 0.360. The maximum atomic E-state index is 13.6. The first-order chi connectivity index (χ1) is 17.5. The Balaban J connectivity index is 1.98. The molecule has 0 radical (unpaired) electrons. The lowest BCUT2D eigenvalue weighted by molar-refractivity contribution is 0.0294. The number of hydrogen-bond donors (Lipinski definition) is 0. The first-order valence-corrected chi connectivity index (χ1v) is 14.8. The van der Waals surface area contributed by atoms with Crippen molar-refractivity contribution in [1.29, 1.82) is 0 Å². The van der Waals surface area contributed by atoms with Gasteiger partial charge in [-0.05, 0) is 58.0 Å². The van der Waals surface area contributed by atoms with Gasteiger partial charge in [0, 0.05) is 38.3 Å². The summed E-state index contributed by atoms with van der Waals surface area (Å²) in [5, 5.41) is -0.112. The van der Waals surface area contributed by atoms with E-state index in [0.717, 1.165) is 10.4 Å². The minimum atomic E-state index is -4.28. The van der Waals surface area contributed by atoms with Crippen LogP contribution in [0.15, 0.2) is 58.3 Å². The number of nitrogens with zero attached hydrogens (tertiary/aromatic N) is 3. The van der Waals surface area contributed by atoms with Gasteiger partial charge in [0.1, 0.15) is 16.0 Å². The summed E-state index contributed by atoms with van der Waals surface area (Å²) < 4.78 is 64.6. The van der Waals surface area contributed by atoms with Gasteiger partial charge in [0.15, 0.2) is 5.75 Å². The zero-order valence-corrected chi connectivity index (χ0v) is 24.3. The number of sulfonamides is 1. The van der Waals surface area contributed by atoms with Crippen LogP contribution in [0.5, 0.6) is 5.75 Å². The molecule has 2 aromatic carbocycles. The van der Waals surface area contributed by atoms with Gasteiger partial charge >= 0.3 is 16.2 Å². The topological polar surface area (TPSA) is 123 Å².